The molecule has 0 saturated heterocycles. The van der Waals surface area contributed by atoms with Crippen molar-refractivity contribution in [1.82, 2.24) is 0 Å². The minimum absolute atomic E-state index is 0.0204. The van der Waals surface area contributed by atoms with Gasteiger partial charge in [0.25, 0.3) is 11.8 Å². The van der Waals surface area contributed by atoms with Crippen LogP contribution in [0, 0.1) is 0 Å². The summed E-state index contributed by atoms with van der Waals surface area (Å²) in [4.78, 5) is 38.4. The molecule has 1 heterocycles. The van der Waals surface area contributed by atoms with Crippen molar-refractivity contribution < 1.29 is 19.1 Å². The third-order valence-corrected chi connectivity index (χ3v) is 4.80. The zero-order chi connectivity index (χ0) is 20.3. The zero-order valence-corrected chi connectivity index (χ0v) is 17.2. The fourth-order valence-corrected chi connectivity index (χ4v) is 3.05. The van der Waals surface area contributed by atoms with Crippen molar-refractivity contribution in [3.05, 3.63) is 69.3 Å². The molecule has 0 spiro atoms. The van der Waals surface area contributed by atoms with Crippen LogP contribution in [0.1, 0.15) is 23.7 Å². The van der Waals surface area contributed by atoms with E-state index in [0.29, 0.717) is 18.7 Å². The molecule has 0 radical (unpaired) electrons. The second-order valence-electron chi connectivity index (χ2n) is 5.95. The van der Waals surface area contributed by atoms with Gasteiger partial charge in [0.1, 0.15) is 10.7 Å². The van der Waals surface area contributed by atoms with Crippen LogP contribution in [-0.2, 0) is 14.3 Å². The van der Waals surface area contributed by atoms with Gasteiger partial charge in [-0.15, -0.1) is 0 Å². The molecule has 0 aliphatic carbocycles. The van der Waals surface area contributed by atoms with Gasteiger partial charge in [-0.05, 0) is 48.9 Å². The van der Waals surface area contributed by atoms with Crippen molar-refractivity contribution >= 4 is 56.7 Å². The molecule has 2 amide bonds. The van der Waals surface area contributed by atoms with E-state index in [0.717, 1.165) is 9.37 Å². The summed E-state index contributed by atoms with van der Waals surface area (Å²) in [6.07, 6.45) is 0.694. The number of ether oxygens (including phenoxy) is 1. The maximum atomic E-state index is 12.8. The Morgan fingerprint density at radius 3 is 2.54 bits per heavy atom. The SMILES string of the molecule is CCCOC(=O)c1cccc(N2C(=O)C(Cl)=C(Nc3ccc(Br)cc3)C2=O)c1. The number of carbonyl (C=O) groups is 3. The van der Waals surface area contributed by atoms with Gasteiger partial charge in [-0.3, -0.25) is 9.59 Å². The Morgan fingerprint density at radius 1 is 1.14 bits per heavy atom. The van der Waals surface area contributed by atoms with E-state index in [-0.39, 0.29) is 22.0 Å². The molecule has 0 bridgehead atoms. The van der Waals surface area contributed by atoms with Crippen molar-refractivity contribution in [2.75, 3.05) is 16.8 Å². The van der Waals surface area contributed by atoms with Crippen LogP contribution in [0.15, 0.2) is 63.7 Å². The zero-order valence-electron chi connectivity index (χ0n) is 14.9. The Bertz CT molecular complexity index is 972. The van der Waals surface area contributed by atoms with Gasteiger partial charge in [-0.25, -0.2) is 9.69 Å². The van der Waals surface area contributed by atoms with Crippen LogP contribution in [0.25, 0.3) is 0 Å². The van der Waals surface area contributed by atoms with Gasteiger partial charge in [-0.1, -0.05) is 40.5 Å². The summed E-state index contributed by atoms with van der Waals surface area (Å²) in [5.74, 6) is -1.78. The number of nitrogens with one attached hydrogen (secondary N) is 1. The Labute approximate surface area is 175 Å². The highest BCUT2D eigenvalue weighted by atomic mass is 79.9. The van der Waals surface area contributed by atoms with Crippen molar-refractivity contribution in [3.63, 3.8) is 0 Å². The third-order valence-electron chi connectivity index (χ3n) is 3.92. The number of esters is 1. The number of rotatable bonds is 6. The molecule has 0 fully saturated rings. The fraction of sp³-hybridized carbons (Fsp3) is 0.150. The second kappa shape index (κ2) is 8.58. The molecule has 1 aliphatic heterocycles. The lowest BCUT2D eigenvalue weighted by Crippen LogP contribution is -2.32. The minimum atomic E-state index is -0.662. The summed E-state index contributed by atoms with van der Waals surface area (Å²) in [6, 6.07) is 13.2. The molecule has 2 aromatic rings. The standard InChI is InChI=1S/C20H16BrClN2O4/c1-2-10-28-20(27)12-4-3-5-15(11-12)24-18(25)16(22)17(19(24)26)23-14-8-6-13(21)7-9-14/h3-9,11,23H,2,10H2,1H3. The maximum absolute atomic E-state index is 12.8. The lowest BCUT2D eigenvalue weighted by molar-refractivity contribution is -0.120. The highest BCUT2D eigenvalue weighted by Gasteiger charge is 2.39. The summed E-state index contributed by atoms with van der Waals surface area (Å²) in [5, 5.41) is 2.67. The molecule has 2 aromatic carbocycles. The Morgan fingerprint density at radius 2 is 1.86 bits per heavy atom. The third kappa shape index (κ3) is 4.10. The van der Waals surface area contributed by atoms with Crippen LogP contribution >= 0.6 is 27.5 Å². The number of hydrogen-bond acceptors (Lipinski definition) is 5. The number of halogens is 2. The van der Waals surface area contributed by atoms with E-state index >= 15 is 0 Å². The highest BCUT2D eigenvalue weighted by Crippen LogP contribution is 2.31. The van der Waals surface area contributed by atoms with Crippen molar-refractivity contribution in [3.8, 4) is 0 Å². The summed E-state index contributed by atoms with van der Waals surface area (Å²) in [6.45, 7) is 2.18. The summed E-state index contributed by atoms with van der Waals surface area (Å²) in [5.41, 5.74) is 1.08. The molecule has 0 unspecified atom stereocenters. The number of hydrogen-bond donors (Lipinski definition) is 1. The van der Waals surface area contributed by atoms with E-state index < -0.39 is 17.8 Å². The smallest absolute Gasteiger partial charge is 0.338 e. The first-order valence-electron chi connectivity index (χ1n) is 8.50. The van der Waals surface area contributed by atoms with Crippen LogP contribution < -0.4 is 10.2 Å². The van der Waals surface area contributed by atoms with E-state index in [1.165, 1.54) is 6.07 Å². The Hall–Kier alpha value is -2.64. The van der Waals surface area contributed by atoms with E-state index in [1.54, 1.807) is 42.5 Å². The van der Waals surface area contributed by atoms with Gasteiger partial charge in [0, 0.05) is 10.2 Å². The summed E-state index contributed by atoms with van der Waals surface area (Å²) >= 11 is 9.46. The van der Waals surface area contributed by atoms with Crippen molar-refractivity contribution in [1.29, 1.82) is 0 Å². The largest absolute Gasteiger partial charge is 0.462 e. The number of anilines is 2. The number of carbonyl (C=O) groups excluding carboxylic acids is 3. The Balaban J connectivity index is 1.85. The first kappa shape index (κ1) is 20.1. The molecule has 144 valence electrons. The quantitative estimate of drug-likeness (QED) is 0.506. The predicted molar refractivity (Wildman–Crippen MR) is 110 cm³/mol. The number of benzene rings is 2. The van der Waals surface area contributed by atoms with E-state index in [2.05, 4.69) is 21.2 Å². The van der Waals surface area contributed by atoms with Gasteiger partial charge >= 0.3 is 5.97 Å². The predicted octanol–water partition coefficient (Wildman–Crippen LogP) is 4.45. The molecule has 6 nitrogen and oxygen atoms in total. The van der Waals surface area contributed by atoms with E-state index in [4.69, 9.17) is 16.3 Å². The van der Waals surface area contributed by atoms with Gasteiger partial charge in [-0.2, -0.15) is 0 Å². The van der Waals surface area contributed by atoms with E-state index in [9.17, 15) is 14.4 Å². The van der Waals surface area contributed by atoms with Crippen molar-refractivity contribution in [2.45, 2.75) is 13.3 Å². The molecular weight excluding hydrogens is 448 g/mol. The summed E-state index contributed by atoms with van der Waals surface area (Å²) in [7, 11) is 0. The van der Waals surface area contributed by atoms with E-state index in [1.807, 2.05) is 6.92 Å². The molecule has 28 heavy (non-hydrogen) atoms. The monoisotopic (exact) mass is 462 g/mol. The molecule has 8 heteroatoms. The van der Waals surface area contributed by atoms with Crippen LogP contribution in [0.2, 0.25) is 0 Å². The van der Waals surface area contributed by atoms with Crippen molar-refractivity contribution in [2.24, 2.45) is 0 Å². The topological polar surface area (TPSA) is 75.7 Å². The molecule has 0 saturated carbocycles. The van der Waals surface area contributed by atoms with Crippen LogP contribution in [-0.4, -0.2) is 24.4 Å². The average molecular weight is 464 g/mol. The normalized spacial score (nSPS) is 13.9. The number of nitrogens with zero attached hydrogens (tertiary/aromatic N) is 1. The van der Waals surface area contributed by atoms with Crippen LogP contribution in [0.5, 0.6) is 0 Å². The second-order valence-corrected chi connectivity index (χ2v) is 7.25. The molecule has 0 atom stereocenters. The lowest BCUT2D eigenvalue weighted by atomic mass is 10.2. The van der Waals surface area contributed by atoms with Gasteiger partial charge in [0.15, 0.2) is 0 Å². The fourth-order valence-electron chi connectivity index (χ4n) is 2.57. The minimum Gasteiger partial charge on any atom is -0.462 e. The number of imide groups is 1. The van der Waals surface area contributed by atoms with Crippen LogP contribution in [0.3, 0.4) is 0 Å². The number of amides is 2. The first-order chi connectivity index (χ1) is 13.4. The summed E-state index contributed by atoms with van der Waals surface area (Å²) < 4.78 is 5.97. The molecule has 3 rings (SSSR count). The first-order valence-corrected chi connectivity index (χ1v) is 9.67. The molecule has 1 N–H and O–H groups in total. The maximum Gasteiger partial charge on any atom is 0.338 e. The van der Waals surface area contributed by atoms with Gasteiger partial charge in [0.05, 0.1) is 17.9 Å². The molecule has 0 aromatic heterocycles. The Kier molecular flexibility index (Phi) is 6.16. The van der Waals surface area contributed by atoms with Crippen LogP contribution in [0.4, 0.5) is 11.4 Å². The lowest BCUT2D eigenvalue weighted by Gasteiger charge is -2.16. The highest BCUT2D eigenvalue weighted by molar-refractivity contribution is 9.10. The molecule has 1 aliphatic rings. The van der Waals surface area contributed by atoms with Gasteiger partial charge < -0.3 is 10.1 Å². The molecular formula is C20H16BrClN2O4. The van der Waals surface area contributed by atoms with Gasteiger partial charge in [0.2, 0.25) is 0 Å². The average Bonchev–Trinajstić information content (AvgIpc) is 2.91.